The van der Waals surface area contributed by atoms with Crippen LogP contribution in [0.4, 0.5) is 10.2 Å². The Morgan fingerprint density at radius 3 is 2.94 bits per heavy atom. The van der Waals surface area contributed by atoms with Crippen molar-refractivity contribution in [2.24, 2.45) is 7.05 Å². The van der Waals surface area contributed by atoms with Crippen molar-refractivity contribution in [3.05, 3.63) is 59.4 Å². The van der Waals surface area contributed by atoms with Gasteiger partial charge in [0.2, 0.25) is 5.91 Å². The van der Waals surface area contributed by atoms with Crippen LogP contribution < -0.4 is 5.73 Å². The van der Waals surface area contributed by atoms with E-state index in [1.54, 1.807) is 46.6 Å². The zero-order valence-corrected chi connectivity index (χ0v) is 20.5. The number of nitrogens with zero attached hydrogens (tertiary/aromatic N) is 6. The van der Waals surface area contributed by atoms with Crippen LogP contribution in [-0.4, -0.2) is 61.4 Å². The van der Waals surface area contributed by atoms with Crippen molar-refractivity contribution < 1.29 is 13.9 Å². The first-order valence-electron chi connectivity index (χ1n) is 11.2. The van der Waals surface area contributed by atoms with E-state index >= 15 is 4.39 Å². The summed E-state index contributed by atoms with van der Waals surface area (Å²) in [6.45, 7) is 4.41. The number of pyridine rings is 1. The molecule has 1 aromatic carbocycles. The minimum Gasteiger partial charge on any atom is -0.383 e. The van der Waals surface area contributed by atoms with Crippen LogP contribution in [0.25, 0.3) is 21.9 Å². The van der Waals surface area contributed by atoms with E-state index in [4.69, 9.17) is 27.2 Å². The van der Waals surface area contributed by atoms with Gasteiger partial charge >= 0.3 is 0 Å². The van der Waals surface area contributed by atoms with Crippen molar-refractivity contribution in [3.8, 4) is 11.8 Å². The minimum absolute atomic E-state index is 0.0248. The summed E-state index contributed by atoms with van der Waals surface area (Å²) in [5.41, 5.74) is 8.03. The topological polar surface area (TPSA) is 104 Å². The lowest BCUT2D eigenvalue weighted by atomic mass is 10.1. The van der Waals surface area contributed by atoms with E-state index in [1.165, 1.54) is 12.4 Å². The van der Waals surface area contributed by atoms with Crippen LogP contribution in [0.15, 0.2) is 37.3 Å². The maximum Gasteiger partial charge on any atom is 0.246 e. The number of imidazole rings is 1. The predicted octanol–water partition coefficient (Wildman–Crippen LogP) is 3.07. The van der Waals surface area contributed by atoms with Gasteiger partial charge in [0, 0.05) is 26.9 Å². The Morgan fingerprint density at radius 2 is 2.19 bits per heavy atom. The molecule has 2 N–H and O–H groups in total. The first kappa shape index (κ1) is 23.8. The van der Waals surface area contributed by atoms with E-state index in [-0.39, 0.29) is 39.9 Å². The number of carbonyl (C=O) groups is 1. The van der Waals surface area contributed by atoms with Crippen LogP contribution >= 0.6 is 11.6 Å². The number of carbonyl (C=O) groups excluding carboxylic acids is 1. The van der Waals surface area contributed by atoms with Crippen LogP contribution in [0.5, 0.6) is 0 Å². The molecule has 4 heterocycles. The van der Waals surface area contributed by atoms with Crippen molar-refractivity contribution in [2.45, 2.75) is 18.5 Å². The zero-order chi connectivity index (χ0) is 25.6. The van der Waals surface area contributed by atoms with Gasteiger partial charge in [0.15, 0.2) is 5.82 Å². The Kier molecular flexibility index (Phi) is 6.12. The Labute approximate surface area is 211 Å². The molecule has 3 aromatic heterocycles. The fraction of sp³-hybridized carbons (Fsp3) is 0.280. The van der Waals surface area contributed by atoms with Crippen LogP contribution in [-0.2, 0) is 16.6 Å². The number of aromatic nitrogens is 5. The van der Waals surface area contributed by atoms with Gasteiger partial charge < -0.3 is 19.9 Å². The first-order chi connectivity index (χ1) is 17.3. The molecule has 1 fully saturated rings. The maximum absolute atomic E-state index is 15.2. The Morgan fingerprint density at radius 1 is 1.39 bits per heavy atom. The quantitative estimate of drug-likeness (QED) is 0.336. The summed E-state index contributed by atoms with van der Waals surface area (Å²) in [6.07, 6.45) is 5.02. The fourth-order valence-corrected chi connectivity index (χ4v) is 4.95. The second kappa shape index (κ2) is 9.26. The van der Waals surface area contributed by atoms with Crippen molar-refractivity contribution in [1.29, 1.82) is 0 Å². The third-order valence-electron chi connectivity index (χ3n) is 6.42. The third-order valence-corrected chi connectivity index (χ3v) is 6.72. The number of likely N-dealkylation sites (tertiary alicyclic amines) is 1. The summed E-state index contributed by atoms with van der Waals surface area (Å²) in [6, 6.07) is 3.14. The number of rotatable bonds is 4. The Balaban J connectivity index is 1.59. The summed E-state index contributed by atoms with van der Waals surface area (Å²) >= 11 is 6.36. The molecule has 0 radical (unpaired) electrons. The third kappa shape index (κ3) is 3.86. The minimum atomic E-state index is -0.600. The van der Waals surface area contributed by atoms with Gasteiger partial charge in [-0.3, -0.25) is 9.48 Å². The number of nitrogens with two attached hydrogens (primary N) is 1. The summed E-state index contributed by atoms with van der Waals surface area (Å²) < 4.78 is 24.0. The fourth-order valence-electron chi connectivity index (χ4n) is 4.72. The zero-order valence-electron chi connectivity index (χ0n) is 19.7. The number of fused-ring (bicyclic) bond motifs is 2. The summed E-state index contributed by atoms with van der Waals surface area (Å²) in [7, 11) is 3.36. The molecule has 1 saturated heterocycles. The van der Waals surface area contributed by atoms with E-state index in [1.807, 2.05) is 0 Å². The smallest absolute Gasteiger partial charge is 0.246 e. The van der Waals surface area contributed by atoms with E-state index in [0.717, 1.165) is 0 Å². The molecule has 0 bridgehead atoms. The highest BCUT2D eigenvalue weighted by Crippen LogP contribution is 2.33. The standard InChI is InChI=1S/C25H23ClFN7O2/c1-4-21(35)33-11-14(9-15(33)12-36-3)34-19-7-8-29-25(28)22(19)18(31-34)6-5-16-17(26)10-20-24(23(16)27)30-13-32(20)2/h4,7-8,10,13-15H,1,9,11-12H2,2-3H3,(H2,28,29)/t14-,15+/m0/s1. The summed E-state index contributed by atoms with van der Waals surface area (Å²) in [5, 5.41) is 5.44. The van der Waals surface area contributed by atoms with Crippen LogP contribution in [0, 0.1) is 17.7 Å². The highest BCUT2D eigenvalue weighted by molar-refractivity contribution is 6.32. The van der Waals surface area contributed by atoms with Gasteiger partial charge in [-0.1, -0.05) is 24.1 Å². The van der Waals surface area contributed by atoms with Crippen LogP contribution in [0.1, 0.15) is 23.7 Å². The molecule has 0 aliphatic carbocycles. The lowest BCUT2D eigenvalue weighted by molar-refractivity contribution is -0.127. The number of methoxy groups -OCH3 is 1. The van der Waals surface area contributed by atoms with Gasteiger partial charge in [0.25, 0.3) is 0 Å². The average Bonchev–Trinajstić information content (AvgIpc) is 3.55. The highest BCUT2D eigenvalue weighted by Gasteiger charge is 2.36. The average molecular weight is 508 g/mol. The molecule has 5 rings (SSSR count). The SMILES string of the molecule is C=CC(=O)N1C[C@@H](n2nc(C#Cc3c(Cl)cc4c(ncn4C)c3F)c3c(N)nccc32)C[C@@H]1COC. The maximum atomic E-state index is 15.2. The number of halogens is 2. The molecule has 1 amide bonds. The summed E-state index contributed by atoms with van der Waals surface area (Å²) in [4.78, 5) is 22.5. The molecule has 0 unspecified atom stereocenters. The number of amides is 1. The number of hydrogen-bond donors (Lipinski definition) is 1. The number of nitrogen functional groups attached to an aromatic ring is 1. The van der Waals surface area contributed by atoms with Crippen LogP contribution in [0.2, 0.25) is 5.02 Å². The number of anilines is 1. The highest BCUT2D eigenvalue weighted by atomic mass is 35.5. The second-order valence-corrected chi connectivity index (χ2v) is 9.00. The van der Waals surface area contributed by atoms with E-state index < -0.39 is 5.82 Å². The predicted molar refractivity (Wildman–Crippen MR) is 135 cm³/mol. The molecule has 184 valence electrons. The van der Waals surface area contributed by atoms with Crippen molar-refractivity contribution in [3.63, 3.8) is 0 Å². The van der Waals surface area contributed by atoms with Crippen molar-refractivity contribution in [1.82, 2.24) is 29.2 Å². The van der Waals surface area contributed by atoms with Crippen LogP contribution in [0.3, 0.4) is 0 Å². The van der Waals surface area contributed by atoms with Gasteiger partial charge in [-0.2, -0.15) is 5.10 Å². The molecule has 0 saturated carbocycles. The lowest BCUT2D eigenvalue weighted by Gasteiger charge is -2.22. The largest absolute Gasteiger partial charge is 0.383 e. The van der Waals surface area contributed by atoms with Crippen molar-refractivity contribution in [2.75, 3.05) is 26.0 Å². The molecule has 4 aromatic rings. The number of hydrogen-bond acceptors (Lipinski definition) is 6. The van der Waals surface area contributed by atoms with Gasteiger partial charge in [-0.15, -0.1) is 0 Å². The van der Waals surface area contributed by atoms with E-state index in [9.17, 15) is 4.79 Å². The number of ether oxygens (including phenoxy) is 1. The molecule has 0 spiro atoms. The van der Waals surface area contributed by atoms with Gasteiger partial charge in [0.1, 0.15) is 17.0 Å². The van der Waals surface area contributed by atoms with Gasteiger partial charge in [-0.05, 0) is 30.6 Å². The normalized spacial score (nSPS) is 17.5. The number of benzene rings is 1. The molecule has 36 heavy (non-hydrogen) atoms. The molecular weight excluding hydrogens is 485 g/mol. The van der Waals surface area contributed by atoms with Gasteiger partial charge in [0.05, 0.1) is 52.0 Å². The molecule has 1 aliphatic heterocycles. The molecule has 1 aliphatic rings. The summed E-state index contributed by atoms with van der Waals surface area (Å²) in [5.74, 6) is 5.24. The number of aryl methyl sites for hydroxylation is 1. The molecule has 2 atom stereocenters. The molecule has 11 heteroatoms. The molecule has 9 nitrogen and oxygen atoms in total. The molecular formula is C25H23ClFN7O2. The van der Waals surface area contributed by atoms with Crippen molar-refractivity contribution >= 4 is 45.3 Å². The lowest BCUT2D eigenvalue weighted by Crippen LogP contribution is -2.37. The van der Waals surface area contributed by atoms with E-state index in [2.05, 4.69) is 28.4 Å². The Bertz CT molecular complexity index is 1580. The second-order valence-electron chi connectivity index (χ2n) is 8.60. The van der Waals surface area contributed by atoms with E-state index in [0.29, 0.717) is 41.7 Å². The first-order valence-corrected chi connectivity index (χ1v) is 11.6. The Hall–Kier alpha value is -3.94. The monoisotopic (exact) mass is 507 g/mol. The van der Waals surface area contributed by atoms with Gasteiger partial charge in [-0.25, -0.2) is 14.4 Å².